The molecule has 104 valence electrons. The second kappa shape index (κ2) is 7.39. The van der Waals surface area contributed by atoms with Gasteiger partial charge in [-0.3, -0.25) is 9.59 Å². The first-order valence-electron chi connectivity index (χ1n) is 7.02. The van der Waals surface area contributed by atoms with Crippen LogP contribution in [0.15, 0.2) is 0 Å². The summed E-state index contributed by atoms with van der Waals surface area (Å²) in [4.78, 5) is 25.6. The van der Waals surface area contributed by atoms with Crippen LogP contribution in [0.2, 0.25) is 0 Å². The zero-order valence-electron chi connectivity index (χ0n) is 11.8. The molecule has 1 amide bonds. The Morgan fingerprint density at radius 1 is 1.39 bits per heavy atom. The van der Waals surface area contributed by atoms with Crippen molar-refractivity contribution in [2.45, 2.75) is 46.5 Å². The van der Waals surface area contributed by atoms with Crippen molar-refractivity contribution in [2.75, 3.05) is 19.7 Å². The van der Waals surface area contributed by atoms with E-state index in [0.29, 0.717) is 25.5 Å². The third kappa shape index (κ3) is 4.31. The van der Waals surface area contributed by atoms with Crippen LogP contribution in [0.3, 0.4) is 0 Å². The molecule has 0 aromatic heterocycles. The highest BCUT2D eigenvalue weighted by Crippen LogP contribution is 2.20. The van der Waals surface area contributed by atoms with Gasteiger partial charge in [0.15, 0.2) is 0 Å². The molecule has 0 spiro atoms. The lowest BCUT2D eigenvalue weighted by atomic mass is 9.96. The molecule has 1 heterocycles. The van der Waals surface area contributed by atoms with E-state index in [1.807, 2.05) is 11.8 Å². The largest absolute Gasteiger partial charge is 0.466 e. The van der Waals surface area contributed by atoms with Crippen LogP contribution in [-0.4, -0.2) is 36.5 Å². The van der Waals surface area contributed by atoms with Crippen LogP contribution in [0.4, 0.5) is 0 Å². The van der Waals surface area contributed by atoms with Gasteiger partial charge in [-0.2, -0.15) is 0 Å². The molecule has 0 aromatic carbocycles. The lowest BCUT2D eigenvalue weighted by molar-refractivity contribution is -0.151. The van der Waals surface area contributed by atoms with Gasteiger partial charge >= 0.3 is 5.97 Å². The lowest BCUT2D eigenvalue weighted by Gasteiger charge is -2.32. The van der Waals surface area contributed by atoms with Crippen molar-refractivity contribution in [1.29, 1.82) is 0 Å². The molecule has 1 saturated heterocycles. The van der Waals surface area contributed by atoms with Gasteiger partial charge in [-0.1, -0.05) is 20.3 Å². The van der Waals surface area contributed by atoms with Crippen molar-refractivity contribution in [3.05, 3.63) is 0 Å². The maximum absolute atomic E-state index is 12.1. The van der Waals surface area contributed by atoms with Crippen LogP contribution in [0.25, 0.3) is 0 Å². The number of piperidine rings is 1. The van der Waals surface area contributed by atoms with Gasteiger partial charge in [0.05, 0.1) is 12.5 Å². The molecule has 0 saturated carbocycles. The molecule has 1 aliphatic rings. The average Bonchev–Trinajstić information content (AvgIpc) is 2.39. The molecule has 18 heavy (non-hydrogen) atoms. The minimum absolute atomic E-state index is 0.125. The van der Waals surface area contributed by atoms with Gasteiger partial charge in [0.1, 0.15) is 0 Å². The first-order chi connectivity index (χ1) is 8.58. The summed E-state index contributed by atoms with van der Waals surface area (Å²) in [6, 6.07) is 0. The molecule has 0 aliphatic carbocycles. The summed E-state index contributed by atoms with van der Waals surface area (Å²) >= 11 is 0. The predicted molar refractivity (Wildman–Crippen MR) is 70.0 cm³/mol. The third-order valence-corrected chi connectivity index (χ3v) is 3.61. The highest BCUT2D eigenvalue weighted by molar-refractivity contribution is 5.78. The Balaban J connectivity index is 2.47. The number of ether oxygens (including phenoxy) is 1. The number of rotatable bonds is 5. The molecule has 0 radical (unpaired) electrons. The van der Waals surface area contributed by atoms with Crippen molar-refractivity contribution >= 4 is 11.9 Å². The Morgan fingerprint density at radius 3 is 2.72 bits per heavy atom. The Labute approximate surface area is 110 Å². The van der Waals surface area contributed by atoms with E-state index in [1.54, 1.807) is 0 Å². The molecule has 1 fully saturated rings. The molecular weight excluding hydrogens is 230 g/mol. The van der Waals surface area contributed by atoms with Crippen molar-refractivity contribution in [3.63, 3.8) is 0 Å². The normalized spacial score (nSPS) is 21.5. The van der Waals surface area contributed by atoms with Crippen LogP contribution in [0, 0.1) is 11.8 Å². The van der Waals surface area contributed by atoms with E-state index in [0.717, 1.165) is 25.8 Å². The van der Waals surface area contributed by atoms with Crippen LogP contribution < -0.4 is 0 Å². The second-order valence-corrected chi connectivity index (χ2v) is 5.15. The van der Waals surface area contributed by atoms with Crippen molar-refractivity contribution in [2.24, 2.45) is 11.8 Å². The predicted octanol–water partition coefficient (Wildman–Crippen LogP) is 2.22. The second-order valence-electron chi connectivity index (χ2n) is 5.15. The third-order valence-electron chi connectivity index (χ3n) is 3.61. The fourth-order valence-electron chi connectivity index (χ4n) is 2.23. The van der Waals surface area contributed by atoms with Crippen LogP contribution in [0.5, 0.6) is 0 Å². The van der Waals surface area contributed by atoms with E-state index in [-0.39, 0.29) is 17.8 Å². The van der Waals surface area contributed by atoms with Crippen molar-refractivity contribution in [3.8, 4) is 0 Å². The zero-order chi connectivity index (χ0) is 13.5. The quantitative estimate of drug-likeness (QED) is 0.708. The molecule has 1 aliphatic heterocycles. The van der Waals surface area contributed by atoms with E-state index in [9.17, 15) is 9.59 Å². The molecule has 4 heteroatoms. The van der Waals surface area contributed by atoms with Gasteiger partial charge in [0.25, 0.3) is 0 Å². The summed E-state index contributed by atoms with van der Waals surface area (Å²) in [6.45, 7) is 7.72. The highest BCUT2D eigenvalue weighted by Gasteiger charge is 2.29. The minimum Gasteiger partial charge on any atom is -0.466 e. The molecule has 0 N–H and O–H groups in total. The SMILES string of the molecule is CCOC(=O)[C@@H]1CCCN(C(=O)CC(C)CC)C1. The fraction of sp³-hybridized carbons (Fsp3) is 0.857. The Bertz CT molecular complexity index is 291. The number of likely N-dealkylation sites (tertiary alicyclic amines) is 1. The van der Waals surface area contributed by atoms with E-state index in [1.165, 1.54) is 0 Å². The van der Waals surface area contributed by atoms with Gasteiger partial charge in [0.2, 0.25) is 5.91 Å². The Morgan fingerprint density at radius 2 is 2.11 bits per heavy atom. The van der Waals surface area contributed by atoms with Crippen LogP contribution >= 0.6 is 0 Å². The first-order valence-corrected chi connectivity index (χ1v) is 7.02. The van der Waals surface area contributed by atoms with Crippen molar-refractivity contribution in [1.82, 2.24) is 4.90 Å². The van der Waals surface area contributed by atoms with E-state index < -0.39 is 0 Å². The fourth-order valence-corrected chi connectivity index (χ4v) is 2.23. The number of nitrogens with zero attached hydrogens (tertiary/aromatic N) is 1. The molecule has 1 unspecified atom stereocenters. The maximum Gasteiger partial charge on any atom is 0.310 e. The van der Waals surface area contributed by atoms with E-state index in [4.69, 9.17) is 4.74 Å². The topological polar surface area (TPSA) is 46.6 Å². The zero-order valence-corrected chi connectivity index (χ0v) is 11.8. The smallest absolute Gasteiger partial charge is 0.310 e. The molecular formula is C14H25NO3. The van der Waals surface area contributed by atoms with Gasteiger partial charge in [0, 0.05) is 19.5 Å². The van der Waals surface area contributed by atoms with Crippen LogP contribution in [0.1, 0.15) is 46.5 Å². The lowest BCUT2D eigenvalue weighted by Crippen LogP contribution is -2.43. The Kier molecular flexibility index (Phi) is 6.16. The number of esters is 1. The van der Waals surface area contributed by atoms with Gasteiger partial charge in [-0.25, -0.2) is 0 Å². The number of carbonyl (C=O) groups excluding carboxylic acids is 2. The van der Waals surface area contributed by atoms with E-state index in [2.05, 4.69) is 13.8 Å². The molecule has 0 aromatic rings. The maximum atomic E-state index is 12.1. The summed E-state index contributed by atoms with van der Waals surface area (Å²) in [5.74, 6) is 0.317. The highest BCUT2D eigenvalue weighted by atomic mass is 16.5. The van der Waals surface area contributed by atoms with E-state index >= 15 is 0 Å². The summed E-state index contributed by atoms with van der Waals surface area (Å²) in [5, 5.41) is 0. The summed E-state index contributed by atoms with van der Waals surface area (Å²) in [6.07, 6.45) is 3.34. The molecule has 1 rings (SSSR count). The Hall–Kier alpha value is -1.06. The first kappa shape index (κ1) is 15.0. The summed E-state index contributed by atoms with van der Waals surface area (Å²) < 4.78 is 5.03. The number of hydrogen-bond donors (Lipinski definition) is 0. The summed E-state index contributed by atoms with van der Waals surface area (Å²) in [7, 11) is 0. The number of amides is 1. The van der Waals surface area contributed by atoms with Gasteiger partial charge in [-0.15, -0.1) is 0 Å². The summed E-state index contributed by atoms with van der Waals surface area (Å²) in [5.41, 5.74) is 0. The van der Waals surface area contributed by atoms with Gasteiger partial charge < -0.3 is 9.64 Å². The monoisotopic (exact) mass is 255 g/mol. The number of carbonyl (C=O) groups is 2. The van der Waals surface area contributed by atoms with Crippen LogP contribution in [-0.2, 0) is 14.3 Å². The number of hydrogen-bond acceptors (Lipinski definition) is 3. The molecule has 4 nitrogen and oxygen atoms in total. The molecule has 2 atom stereocenters. The van der Waals surface area contributed by atoms with Gasteiger partial charge in [-0.05, 0) is 25.7 Å². The van der Waals surface area contributed by atoms with Crippen molar-refractivity contribution < 1.29 is 14.3 Å². The standard InChI is InChI=1S/C14H25NO3/c1-4-11(3)9-13(16)15-8-6-7-12(10-15)14(17)18-5-2/h11-12H,4-10H2,1-3H3/t11?,12-/m1/s1. The average molecular weight is 255 g/mol. The minimum atomic E-state index is -0.154. The molecule has 0 bridgehead atoms.